The number of carboxylic acids is 2. The van der Waals surface area contributed by atoms with Crippen molar-refractivity contribution in [1.82, 2.24) is 4.90 Å². The Hall–Kier alpha value is -2.99. The zero-order valence-corrected chi connectivity index (χ0v) is 18.1. The van der Waals surface area contributed by atoms with Crippen LogP contribution in [0.25, 0.3) is 0 Å². The number of fused-ring (bicyclic) bond motifs is 2. The van der Waals surface area contributed by atoms with Gasteiger partial charge in [-0.15, -0.1) is 11.3 Å². The van der Waals surface area contributed by atoms with E-state index in [0.717, 1.165) is 16.2 Å². The van der Waals surface area contributed by atoms with Crippen molar-refractivity contribution in [2.45, 2.75) is 19.1 Å². The van der Waals surface area contributed by atoms with Gasteiger partial charge in [0.15, 0.2) is 0 Å². The van der Waals surface area contributed by atoms with Gasteiger partial charge in [-0.1, -0.05) is 23.2 Å². The fourth-order valence-electron chi connectivity index (χ4n) is 3.57. The molecule has 13 heteroatoms. The number of carbonyl (C=O) groups excluding carboxylic acids is 3. The van der Waals surface area contributed by atoms with Gasteiger partial charge in [-0.25, -0.2) is 9.59 Å². The smallest absolute Gasteiger partial charge is 0.394 e. The van der Waals surface area contributed by atoms with Gasteiger partial charge in [0.25, 0.3) is 11.8 Å². The van der Waals surface area contributed by atoms with Gasteiger partial charge in [0, 0.05) is 11.3 Å². The quantitative estimate of drug-likeness (QED) is 0.429. The van der Waals surface area contributed by atoms with E-state index in [0.29, 0.717) is 10.4 Å². The first-order chi connectivity index (χ1) is 15.1. The van der Waals surface area contributed by atoms with Crippen LogP contribution in [-0.4, -0.2) is 57.4 Å². The molecule has 1 aromatic heterocycles. The average Bonchev–Trinajstić information content (AvgIpc) is 3.19. The first-order valence-electron chi connectivity index (χ1n) is 8.97. The SMILES string of the molecule is O=C(O)C(=O)Nc1sc2c(c1C(=O)O)CC(CN1C(=O)c3cc(Cl)c(Cl)cc3C1=O)OC2. The summed E-state index contributed by atoms with van der Waals surface area (Å²) in [5.74, 6) is -5.62. The molecule has 0 bridgehead atoms. The lowest BCUT2D eigenvalue weighted by Gasteiger charge is -2.26. The Bertz CT molecular complexity index is 1180. The lowest BCUT2D eigenvalue weighted by molar-refractivity contribution is -0.147. The molecule has 4 rings (SSSR count). The number of nitrogens with one attached hydrogen (secondary N) is 1. The van der Waals surface area contributed by atoms with Crippen molar-refractivity contribution >= 4 is 69.2 Å². The normalized spacial score (nSPS) is 17.2. The summed E-state index contributed by atoms with van der Waals surface area (Å²) in [6.45, 7) is -0.179. The molecule has 2 aromatic rings. The van der Waals surface area contributed by atoms with Crippen LogP contribution in [0.15, 0.2) is 12.1 Å². The number of nitrogens with zero attached hydrogens (tertiary/aromatic N) is 1. The molecule has 10 nitrogen and oxygen atoms in total. The van der Waals surface area contributed by atoms with E-state index >= 15 is 0 Å². The van der Waals surface area contributed by atoms with Crippen LogP contribution in [0.5, 0.6) is 0 Å². The second kappa shape index (κ2) is 8.17. The number of carbonyl (C=O) groups is 5. The molecule has 0 fully saturated rings. The molecule has 3 heterocycles. The maximum absolute atomic E-state index is 12.7. The highest BCUT2D eigenvalue weighted by atomic mass is 35.5. The van der Waals surface area contributed by atoms with Crippen molar-refractivity contribution in [2.75, 3.05) is 11.9 Å². The summed E-state index contributed by atoms with van der Waals surface area (Å²) < 4.78 is 5.70. The van der Waals surface area contributed by atoms with Gasteiger partial charge in [-0.3, -0.25) is 19.3 Å². The molecule has 32 heavy (non-hydrogen) atoms. The van der Waals surface area contributed by atoms with Crippen LogP contribution in [0.4, 0.5) is 5.00 Å². The van der Waals surface area contributed by atoms with Crippen molar-refractivity contribution < 1.29 is 38.9 Å². The van der Waals surface area contributed by atoms with Crippen LogP contribution in [0, 0.1) is 0 Å². The average molecular weight is 499 g/mol. The van der Waals surface area contributed by atoms with E-state index in [2.05, 4.69) is 5.32 Å². The summed E-state index contributed by atoms with van der Waals surface area (Å²) in [6, 6.07) is 2.64. The maximum atomic E-state index is 12.7. The number of thiophene rings is 1. The van der Waals surface area contributed by atoms with Gasteiger partial charge in [-0.05, 0) is 17.7 Å². The van der Waals surface area contributed by atoms with Crippen LogP contribution < -0.4 is 5.32 Å². The third-order valence-electron chi connectivity index (χ3n) is 5.01. The standard InChI is InChI=1S/C19H12Cl2N2O8S/c20-10-2-7-8(3-11(10)21)17(26)23(16(7)25)4-6-1-9-12(5-31-6)32-15(13(9)18(27)28)22-14(24)19(29)30/h2-3,6H,1,4-5H2,(H,22,24)(H,27,28)(H,29,30). The molecular formula is C19H12Cl2N2O8S. The summed E-state index contributed by atoms with van der Waals surface area (Å²) in [5, 5.41) is 20.6. The second-order valence-electron chi connectivity index (χ2n) is 6.94. The number of halogens is 2. The summed E-state index contributed by atoms with van der Waals surface area (Å²) in [6.07, 6.45) is -0.683. The molecule has 3 N–H and O–H groups in total. The number of aliphatic carboxylic acids is 1. The molecule has 0 saturated carbocycles. The summed E-state index contributed by atoms with van der Waals surface area (Å²) in [5.41, 5.74) is 0.332. The molecule has 1 unspecified atom stereocenters. The van der Waals surface area contributed by atoms with Crippen LogP contribution in [0.1, 0.15) is 41.5 Å². The van der Waals surface area contributed by atoms with E-state index in [-0.39, 0.29) is 51.3 Å². The minimum atomic E-state index is -1.76. The Labute approximate surface area is 193 Å². The molecule has 1 atom stereocenters. The molecule has 1 aromatic carbocycles. The van der Waals surface area contributed by atoms with Gasteiger partial charge in [0.1, 0.15) is 5.00 Å². The van der Waals surface area contributed by atoms with Crippen molar-refractivity contribution in [3.05, 3.63) is 49.3 Å². The highest BCUT2D eigenvalue weighted by molar-refractivity contribution is 7.17. The van der Waals surface area contributed by atoms with E-state index in [9.17, 15) is 29.1 Å². The van der Waals surface area contributed by atoms with Crippen molar-refractivity contribution in [3.8, 4) is 0 Å². The molecule has 0 spiro atoms. The van der Waals surface area contributed by atoms with Crippen LogP contribution in [0.2, 0.25) is 10.0 Å². The van der Waals surface area contributed by atoms with Gasteiger partial charge in [0.05, 0.1) is 46.0 Å². The van der Waals surface area contributed by atoms with Gasteiger partial charge in [0.2, 0.25) is 0 Å². The fraction of sp³-hybridized carbons (Fsp3) is 0.211. The lowest BCUT2D eigenvalue weighted by atomic mass is 10.0. The summed E-state index contributed by atoms with van der Waals surface area (Å²) in [4.78, 5) is 61.0. The Morgan fingerprint density at radius 1 is 1.12 bits per heavy atom. The highest BCUT2D eigenvalue weighted by Gasteiger charge is 2.39. The van der Waals surface area contributed by atoms with E-state index in [1.807, 2.05) is 0 Å². The van der Waals surface area contributed by atoms with E-state index < -0.39 is 35.8 Å². The fourth-order valence-corrected chi connectivity index (χ4v) is 5.03. The first-order valence-corrected chi connectivity index (χ1v) is 10.5. The van der Waals surface area contributed by atoms with Crippen molar-refractivity contribution in [2.24, 2.45) is 0 Å². The van der Waals surface area contributed by atoms with E-state index in [1.165, 1.54) is 12.1 Å². The number of hydrogen-bond acceptors (Lipinski definition) is 7. The molecule has 0 aliphatic carbocycles. The predicted molar refractivity (Wildman–Crippen MR) is 112 cm³/mol. The zero-order chi connectivity index (χ0) is 23.3. The summed E-state index contributed by atoms with van der Waals surface area (Å²) in [7, 11) is 0. The molecule has 166 valence electrons. The maximum Gasteiger partial charge on any atom is 0.394 e. The number of rotatable bonds is 4. The molecule has 3 amide bonds. The number of aromatic carboxylic acids is 1. The van der Waals surface area contributed by atoms with Gasteiger partial charge < -0.3 is 20.3 Å². The van der Waals surface area contributed by atoms with Crippen molar-refractivity contribution in [1.29, 1.82) is 0 Å². The third-order valence-corrected chi connectivity index (χ3v) is 6.85. The van der Waals surface area contributed by atoms with Crippen LogP contribution >= 0.6 is 34.5 Å². The largest absolute Gasteiger partial charge is 0.478 e. The Kier molecular flexibility index (Phi) is 5.67. The van der Waals surface area contributed by atoms with Crippen molar-refractivity contribution in [3.63, 3.8) is 0 Å². The molecule has 0 saturated heterocycles. The molecular weight excluding hydrogens is 487 g/mol. The lowest BCUT2D eigenvalue weighted by Crippen LogP contribution is -2.40. The monoisotopic (exact) mass is 498 g/mol. The molecule has 2 aliphatic rings. The number of amides is 3. The van der Waals surface area contributed by atoms with E-state index in [4.69, 9.17) is 33.0 Å². The third kappa shape index (κ3) is 3.73. The number of hydrogen-bond donors (Lipinski definition) is 3. The van der Waals surface area contributed by atoms with Gasteiger partial charge >= 0.3 is 17.8 Å². The summed E-state index contributed by atoms with van der Waals surface area (Å²) >= 11 is 12.8. The highest BCUT2D eigenvalue weighted by Crippen LogP contribution is 2.39. The Morgan fingerprint density at radius 3 is 2.25 bits per heavy atom. The Morgan fingerprint density at radius 2 is 1.72 bits per heavy atom. The number of carboxylic acid groups (broad SMARTS) is 2. The number of anilines is 1. The van der Waals surface area contributed by atoms with Gasteiger partial charge in [-0.2, -0.15) is 0 Å². The molecule has 2 aliphatic heterocycles. The number of imide groups is 1. The first kappa shape index (κ1) is 22.2. The van der Waals surface area contributed by atoms with Crippen LogP contribution in [-0.2, 0) is 27.4 Å². The number of benzene rings is 1. The number of ether oxygens (including phenoxy) is 1. The van der Waals surface area contributed by atoms with E-state index in [1.54, 1.807) is 0 Å². The minimum absolute atomic E-state index is 0.0330. The predicted octanol–water partition coefficient (Wildman–Crippen LogP) is 2.51. The Balaban J connectivity index is 1.58. The minimum Gasteiger partial charge on any atom is -0.478 e. The molecule has 0 radical (unpaired) electrons. The topological polar surface area (TPSA) is 150 Å². The zero-order valence-electron chi connectivity index (χ0n) is 15.8. The second-order valence-corrected chi connectivity index (χ2v) is 8.86. The van der Waals surface area contributed by atoms with Crippen LogP contribution in [0.3, 0.4) is 0 Å².